The van der Waals surface area contributed by atoms with E-state index in [2.05, 4.69) is 12.6 Å². The Morgan fingerprint density at radius 2 is 1.92 bits per heavy atom. The lowest BCUT2D eigenvalue weighted by molar-refractivity contribution is -0.144. The molecule has 13 heavy (non-hydrogen) atoms. The number of esters is 1. The van der Waals surface area contributed by atoms with Gasteiger partial charge in [0.25, 0.3) is 0 Å². The van der Waals surface area contributed by atoms with E-state index in [1.54, 1.807) is 0 Å². The fourth-order valence-electron chi connectivity index (χ4n) is 0.707. The fraction of sp³-hybridized carbons (Fsp3) is 0.750. The first kappa shape index (κ1) is 12.3. The molecule has 0 radical (unpaired) electrons. The lowest BCUT2D eigenvalue weighted by Crippen LogP contribution is -2.07. The molecular weight excluding hydrogens is 192 g/mol. The number of carboxylic acids is 1. The standard InChI is InChI=1S/C8H14O4S/c9-7(10)3-1-4-8(11)12-5-2-6-13/h13H,1-6H2,(H,9,10). The number of carbonyl (C=O) groups excluding carboxylic acids is 1. The minimum absolute atomic E-state index is 0.0155. The molecule has 4 nitrogen and oxygen atoms in total. The van der Waals surface area contributed by atoms with Gasteiger partial charge in [-0.05, 0) is 18.6 Å². The molecule has 0 atom stereocenters. The van der Waals surface area contributed by atoms with Crippen LogP contribution in [0.25, 0.3) is 0 Å². The van der Waals surface area contributed by atoms with Gasteiger partial charge in [-0.2, -0.15) is 12.6 Å². The van der Waals surface area contributed by atoms with Gasteiger partial charge in [-0.3, -0.25) is 9.59 Å². The first-order valence-electron chi connectivity index (χ1n) is 4.15. The van der Waals surface area contributed by atoms with Crippen molar-refractivity contribution in [1.82, 2.24) is 0 Å². The Morgan fingerprint density at radius 1 is 1.23 bits per heavy atom. The van der Waals surface area contributed by atoms with Crippen molar-refractivity contribution >= 4 is 24.6 Å². The van der Waals surface area contributed by atoms with Gasteiger partial charge in [-0.15, -0.1) is 0 Å². The summed E-state index contributed by atoms with van der Waals surface area (Å²) in [6.07, 6.45) is 1.27. The SMILES string of the molecule is O=C(O)CCCC(=O)OCCCS. The summed E-state index contributed by atoms with van der Waals surface area (Å²) in [5.41, 5.74) is 0. The lowest BCUT2D eigenvalue weighted by atomic mass is 10.2. The van der Waals surface area contributed by atoms with Crippen molar-refractivity contribution in [2.75, 3.05) is 12.4 Å². The number of hydrogen-bond donors (Lipinski definition) is 2. The third-order valence-electron chi connectivity index (χ3n) is 1.34. The number of hydrogen-bond acceptors (Lipinski definition) is 4. The lowest BCUT2D eigenvalue weighted by Gasteiger charge is -2.01. The summed E-state index contributed by atoms with van der Waals surface area (Å²) >= 11 is 3.95. The summed E-state index contributed by atoms with van der Waals surface area (Å²) < 4.78 is 4.78. The number of thiol groups is 1. The second-order valence-corrected chi connectivity index (χ2v) is 2.99. The molecule has 0 bridgehead atoms. The van der Waals surface area contributed by atoms with Crippen molar-refractivity contribution < 1.29 is 19.4 Å². The van der Waals surface area contributed by atoms with Crippen LogP contribution in [0, 0.1) is 0 Å². The molecule has 0 unspecified atom stereocenters. The van der Waals surface area contributed by atoms with Crippen LogP contribution in [0.4, 0.5) is 0 Å². The number of carbonyl (C=O) groups is 2. The Labute approximate surface area is 82.7 Å². The monoisotopic (exact) mass is 206 g/mol. The van der Waals surface area contributed by atoms with Gasteiger partial charge in [0.2, 0.25) is 0 Å². The van der Waals surface area contributed by atoms with E-state index < -0.39 is 5.97 Å². The van der Waals surface area contributed by atoms with Gasteiger partial charge in [0.1, 0.15) is 0 Å². The summed E-state index contributed by atoms with van der Waals surface area (Å²) in [5, 5.41) is 8.28. The van der Waals surface area contributed by atoms with E-state index in [1.165, 1.54) is 0 Å². The normalized spacial score (nSPS) is 9.62. The molecule has 0 aliphatic heterocycles. The van der Waals surface area contributed by atoms with Crippen molar-refractivity contribution in [2.24, 2.45) is 0 Å². The Kier molecular flexibility index (Phi) is 7.48. The molecule has 5 heteroatoms. The third kappa shape index (κ3) is 9.20. The van der Waals surface area contributed by atoms with Gasteiger partial charge < -0.3 is 9.84 Å². The molecule has 0 amide bonds. The number of carboxylic acid groups (broad SMARTS) is 1. The van der Waals surface area contributed by atoms with E-state index >= 15 is 0 Å². The van der Waals surface area contributed by atoms with Gasteiger partial charge in [0.15, 0.2) is 0 Å². The average Bonchev–Trinajstić information content (AvgIpc) is 2.04. The van der Waals surface area contributed by atoms with Crippen molar-refractivity contribution in [2.45, 2.75) is 25.7 Å². The molecule has 0 fully saturated rings. The smallest absolute Gasteiger partial charge is 0.305 e. The molecule has 1 N–H and O–H groups in total. The Hall–Kier alpha value is -0.710. The van der Waals surface area contributed by atoms with Crippen molar-refractivity contribution in [3.8, 4) is 0 Å². The van der Waals surface area contributed by atoms with Gasteiger partial charge in [-0.25, -0.2) is 0 Å². The van der Waals surface area contributed by atoms with Crippen molar-refractivity contribution in [3.63, 3.8) is 0 Å². The van der Waals surface area contributed by atoms with Crippen LogP contribution in [-0.4, -0.2) is 29.4 Å². The molecule has 0 aliphatic rings. The molecular formula is C8H14O4S. The first-order chi connectivity index (χ1) is 6.16. The largest absolute Gasteiger partial charge is 0.481 e. The van der Waals surface area contributed by atoms with Crippen molar-refractivity contribution in [1.29, 1.82) is 0 Å². The van der Waals surface area contributed by atoms with Crippen LogP contribution < -0.4 is 0 Å². The molecule has 0 aromatic heterocycles. The van der Waals surface area contributed by atoms with E-state index in [1.807, 2.05) is 0 Å². The zero-order valence-corrected chi connectivity index (χ0v) is 8.26. The highest BCUT2D eigenvalue weighted by Gasteiger charge is 2.04. The van der Waals surface area contributed by atoms with Crippen LogP contribution in [-0.2, 0) is 14.3 Å². The molecule has 76 valence electrons. The predicted octanol–water partition coefficient (Wildman–Crippen LogP) is 1.10. The molecule has 0 aromatic carbocycles. The quantitative estimate of drug-likeness (QED) is 0.372. The van der Waals surface area contributed by atoms with E-state index in [0.717, 1.165) is 6.42 Å². The van der Waals surface area contributed by atoms with Crippen LogP contribution in [0.3, 0.4) is 0 Å². The Bertz CT molecular complexity index is 170. The highest BCUT2D eigenvalue weighted by molar-refractivity contribution is 7.80. The fourth-order valence-corrected chi connectivity index (χ4v) is 0.836. The number of ether oxygens (including phenoxy) is 1. The molecule has 0 saturated heterocycles. The Morgan fingerprint density at radius 3 is 2.46 bits per heavy atom. The maximum atomic E-state index is 10.9. The van der Waals surface area contributed by atoms with Gasteiger partial charge >= 0.3 is 11.9 Å². The predicted molar refractivity (Wildman–Crippen MR) is 50.9 cm³/mol. The summed E-state index contributed by atoms with van der Waals surface area (Å²) in [4.78, 5) is 20.9. The number of aliphatic carboxylic acids is 1. The second-order valence-electron chi connectivity index (χ2n) is 2.54. The zero-order chi connectivity index (χ0) is 10.1. The van der Waals surface area contributed by atoms with Crippen LogP contribution in [0.1, 0.15) is 25.7 Å². The summed E-state index contributed by atoms with van der Waals surface area (Å²) in [7, 11) is 0. The molecule has 0 saturated carbocycles. The molecule has 0 aliphatic carbocycles. The van der Waals surface area contributed by atoms with Crippen LogP contribution in [0.15, 0.2) is 0 Å². The van der Waals surface area contributed by atoms with Crippen LogP contribution in [0.5, 0.6) is 0 Å². The van der Waals surface area contributed by atoms with Gasteiger partial charge in [-0.1, -0.05) is 0 Å². The second kappa shape index (κ2) is 7.91. The average molecular weight is 206 g/mol. The highest BCUT2D eigenvalue weighted by Crippen LogP contribution is 1.98. The van der Waals surface area contributed by atoms with Gasteiger partial charge in [0, 0.05) is 12.8 Å². The maximum absolute atomic E-state index is 10.9. The van der Waals surface area contributed by atoms with E-state index in [-0.39, 0.29) is 18.8 Å². The Balaban J connectivity index is 3.25. The van der Waals surface area contributed by atoms with E-state index in [9.17, 15) is 9.59 Å². The zero-order valence-electron chi connectivity index (χ0n) is 7.36. The minimum atomic E-state index is -0.886. The van der Waals surface area contributed by atoms with Crippen LogP contribution >= 0.6 is 12.6 Å². The topological polar surface area (TPSA) is 63.6 Å². The van der Waals surface area contributed by atoms with Crippen LogP contribution in [0.2, 0.25) is 0 Å². The molecule has 0 aromatic rings. The number of rotatable bonds is 7. The summed E-state index contributed by atoms with van der Waals surface area (Å²) in [6, 6.07) is 0. The molecule has 0 rings (SSSR count). The minimum Gasteiger partial charge on any atom is -0.481 e. The maximum Gasteiger partial charge on any atom is 0.305 e. The summed E-state index contributed by atoms with van der Waals surface area (Å²) in [6.45, 7) is 0.370. The van der Waals surface area contributed by atoms with E-state index in [4.69, 9.17) is 9.84 Å². The van der Waals surface area contributed by atoms with Gasteiger partial charge in [0.05, 0.1) is 6.61 Å². The molecule has 0 heterocycles. The highest BCUT2D eigenvalue weighted by atomic mass is 32.1. The third-order valence-corrected chi connectivity index (χ3v) is 1.65. The molecule has 0 spiro atoms. The summed E-state index contributed by atoms with van der Waals surface area (Å²) in [5.74, 6) is -0.534. The first-order valence-corrected chi connectivity index (χ1v) is 4.78. The van der Waals surface area contributed by atoms with E-state index in [0.29, 0.717) is 18.8 Å². The van der Waals surface area contributed by atoms with Crippen molar-refractivity contribution in [3.05, 3.63) is 0 Å².